The van der Waals surface area contributed by atoms with Gasteiger partial charge in [-0.05, 0) is 79.4 Å². The summed E-state index contributed by atoms with van der Waals surface area (Å²) in [6.07, 6.45) is 2.19. The quantitative estimate of drug-likeness (QED) is 0.186. The molecule has 0 aromatic heterocycles. The van der Waals surface area contributed by atoms with E-state index in [1.165, 1.54) is 0 Å². The average molecular weight is 523 g/mol. The topological polar surface area (TPSA) is 50.8 Å². The molecule has 1 N–H and O–H groups in total. The minimum absolute atomic E-state index is 0.323. The molecule has 38 heavy (non-hydrogen) atoms. The monoisotopic (exact) mass is 522 g/mol. The Hall–Kier alpha value is -3.74. The second kappa shape index (κ2) is 10.2. The number of para-hydroxylation sites is 1. The number of anilines is 2. The summed E-state index contributed by atoms with van der Waals surface area (Å²) >= 11 is 1.75. The van der Waals surface area contributed by atoms with E-state index in [0.717, 1.165) is 58.9 Å². The Labute approximate surface area is 227 Å². The van der Waals surface area contributed by atoms with Gasteiger partial charge in [0.25, 0.3) is 0 Å². The van der Waals surface area contributed by atoms with Crippen molar-refractivity contribution in [2.75, 3.05) is 18.4 Å². The standard InChI is InChI=1S/C32H30N2O3S/c1-3-18-34(19-4-2)38-24-15-16-27-30(21-24)36-29-17-14-23(33-22-10-6-5-7-11-22)20-28(29)32(27)26-13-9-8-12-25(26)31(35)37-32/h5-17,20-21,33H,3-4,18-19H2,1-2H3. The van der Waals surface area contributed by atoms with Crippen LogP contribution in [0.4, 0.5) is 11.4 Å². The summed E-state index contributed by atoms with van der Waals surface area (Å²) in [6.45, 7) is 6.44. The molecule has 192 valence electrons. The number of hydrogen-bond acceptors (Lipinski definition) is 6. The van der Waals surface area contributed by atoms with Gasteiger partial charge < -0.3 is 14.8 Å². The number of carbonyl (C=O) groups is 1. The minimum atomic E-state index is -1.08. The molecular formula is C32H30N2O3S. The van der Waals surface area contributed by atoms with Gasteiger partial charge in [0.1, 0.15) is 11.5 Å². The first-order valence-corrected chi connectivity index (χ1v) is 13.9. The van der Waals surface area contributed by atoms with Crippen molar-refractivity contribution < 1.29 is 14.3 Å². The molecule has 0 radical (unpaired) electrons. The normalized spacial score (nSPS) is 17.0. The van der Waals surface area contributed by atoms with Crippen molar-refractivity contribution in [1.29, 1.82) is 0 Å². The zero-order valence-corrected chi connectivity index (χ0v) is 22.4. The third-order valence-electron chi connectivity index (χ3n) is 6.93. The maximum atomic E-state index is 13.2. The second-order valence-electron chi connectivity index (χ2n) is 9.60. The highest BCUT2D eigenvalue weighted by Crippen LogP contribution is 2.57. The molecule has 6 heteroatoms. The number of esters is 1. The lowest BCUT2D eigenvalue weighted by molar-refractivity contribution is 0.0224. The van der Waals surface area contributed by atoms with Crippen LogP contribution in [0.2, 0.25) is 0 Å². The van der Waals surface area contributed by atoms with Crippen LogP contribution in [0.5, 0.6) is 11.5 Å². The molecule has 1 unspecified atom stereocenters. The summed E-state index contributed by atoms with van der Waals surface area (Å²) in [5.74, 6) is 1.07. The first kappa shape index (κ1) is 24.6. The van der Waals surface area contributed by atoms with Gasteiger partial charge in [-0.1, -0.05) is 50.2 Å². The first-order chi connectivity index (χ1) is 18.6. The highest BCUT2D eigenvalue weighted by atomic mass is 32.2. The number of carbonyl (C=O) groups excluding carboxylic acids is 1. The number of rotatable bonds is 8. The Kier molecular flexibility index (Phi) is 6.60. The molecular weight excluding hydrogens is 492 g/mol. The van der Waals surface area contributed by atoms with E-state index in [1.807, 2.05) is 72.8 Å². The average Bonchev–Trinajstić information content (AvgIpc) is 3.23. The van der Waals surface area contributed by atoms with Crippen LogP contribution in [-0.2, 0) is 10.3 Å². The van der Waals surface area contributed by atoms with Crippen molar-refractivity contribution in [3.8, 4) is 11.5 Å². The number of ether oxygens (including phenoxy) is 2. The fourth-order valence-corrected chi connectivity index (χ4v) is 6.46. The summed E-state index contributed by atoms with van der Waals surface area (Å²) in [7, 11) is 0. The predicted molar refractivity (Wildman–Crippen MR) is 152 cm³/mol. The number of hydrogen-bond donors (Lipinski definition) is 1. The third-order valence-corrected chi connectivity index (χ3v) is 8.01. The van der Waals surface area contributed by atoms with Crippen LogP contribution in [0.25, 0.3) is 0 Å². The van der Waals surface area contributed by atoms with Gasteiger partial charge in [0.15, 0.2) is 5.60 Å². The molecule has 2 aliphatic rings. The Morgan fingerprint density at radius 2 is 1.53 bits per heavy atom. The molecule has 4 aromatic carbocycles. The Morgan fingerprint density at radius 1 is 0.763 bits per heavy atom. The van der Waals surface area contributed by atoms with Crippen LogP contribution in [-0.4, -0.2) is 23.4 Å². The Morgan fingerprint density at radius 3 is 2.32 bits per heavy atom. The lowest BCUT2D eigenvalue weighted by Crippen LogP contribution is -2.33. The van der Waals surface area contributed by atoms with Gasteiger partial charge >= 0.3 is 5.97 Å². The number of benzene rings is 4. The highest BCUT2D eigenvalue weighted by Gasteiger charge is 2.53. The molecule has 6 rings (SSSR count). The Bertz CT molecular complexity index is 1480. The molecule has 0 saturated heterocycles. The summed E-state index contributed by atoms with van der Waals surface area (Å²) in [5, 5.41) is 3.47. The van der Waals surface area contributed by atoms with Crippen molar-refractivity contribution in [3.05, 3.63) is 113 Å². The molecule has 0 amide bonds. The molecule has 0 fully saturated rings. The Balaban J connectivity index is 1.47. The van der Waals surface area contributed by atoms with E-state index in [1.54, 1.807) is 11.9 Å². The molecule has 1 atom stereocenters. The van der Waals surface area contributed by atoms with Crippen LogP contribution < -0.4 is 10.1 Å². The molecule has 1 spiro atoms. The van der Waals surface area contributed by atoms with Crippen LogP contribution in [0.1, 0.15) is 53.7 Å². The van der Waals surface area contributed by atoms with E-state index in [0.29, 0.717) is 17.1 Å². The summed E-state index contributed by atoms with van der Waals surface area (Å²) in [5.41, 5.74) is 3.86. The minimum Gasteiger partial charge on any atom is -0.456 e. The zero-order valence-electron chi connectivity index (χ0n) is 21.6. The second-order valence-corrected chi connectivity index (χ2v) is 10.8. The van der Waals surface area contributed by atoms with Gasteiger partial charge in [-0.15, -0.1) is 0 Å². The van der Waals surface area contributed by atoms with E-state index in [-0.39, 0.29) is 5.97 Å². The molecule has 5 nitrogen and oxygen atoms in total. The molecule has 4 aromatic rings. The molecule has 0 bridgehead atoms. The van der Waals surface area contributed by atoms with Crippen molar-refractivity contribution in [3.63, 3.8) is 0 Å². The van der Waals surface area contributed by atoms with E-state index in [9.17, 15) is 4.79 Å². The van der Waals surface area contributed by atoms with Crippen molar-refractivity contribution in [2.24, 2.45) is 0 Å². The SMILES string of the molecule is CCCN(CCC)Sc1ccc2c(c1)Oc1ccc(Nc3ccccc3)cc1C21OC(=O)c2ccccc21. The van der Waals surface area contributed by atoms with Crippen molar-refractivity contribution >= 4 is 29.3 Å². The lowest BCUT2D eigenvalue weighted by atomic mass is 9.77. The lowest BCUT2D eigenvalue weighted by Gasteiger charge is -2.37. The maximum Gasteiger partial charge on any atom is 0.340 e. The number of fused-ring (bicyclic) bond motifs is 6. The van der Waals surface area contributed by atoms with Gasteiger partial charge in [-0.2, -0.15) is 0 Å². The van der Waals surface area contributed by atoms with Crippen LogP contribution >= 0.6 is 11.9 Å². The van der Waals surface area contributed by atoms with Crippen molar-refractivity contribution in [2.45, 2.75) is 37.2 Å². The highest BCUT2D eigenvalue weighted by molar-refractivity contribution is 7.97. The molecule has 0 aliphatic carbocycles. The van der Waals surface area contributed by atoms with Gasteiger partial charge in [0.05, 0.1) is 5.56 Å². The van der Waals surface area contributed by atoms with E-state index in [4.69, 9.17) is 9.47 Å². The largest absolute Gasteiger partial charge is 0.456 e. The van der Waals surface area contributed by atoms with Gasteiger partial charge in [-0.25, -0.2) is 9.10 Å². The fourth-order valence-electron chi connectivity index (χ4n) is 5.33. The third kappa shape index (κ3) is 4.24. The number of nitrogens with one attached hydrogen (secondary N) is 1. The van der Waals surface area contributed by atoms with Crippen LogP contribution in [0, 0.1) is 0 Å². The molecule has 0 saturated carbocycles. The fraction of sp³-hybridized carbons (Fsp3) is 0.219. The summed E-state index contributed by atoms with van der Waals surface area (Å²) in [4.78, 5) is 14.3. The summed E-state index contributed by atoms with van der Waals surface area (Å²) in [6, 6.07) is 29.9. The number of nitrogens with zero attached hydrogens (tertiary/aromatic N) is 1. The van der Waals surface area contributed by atoms with Crippen LogP contribution in [0.3, 0.4) is 0 Å². The van der Waals surface area contributed by atoms with E-state index >= 15 is 0 Å². The first-order valence-electron chi connectivity index (χ1n) is 13.2. The van der Waals surface area contributed by atoms with Crippen LogP contribution in [0.15, 0.2) is 95.9 Å². The van der Waals surface area contributed by atoms with Gasteiger partial charge in [0, 0.05) is 46.1 Å². The predicted octanol–water partition coefficient (Wildman–Crippen LogP) is 8.13. The molecule has 2 aliphatic heterocycles. The van der Waals surface area contributed by atoms with Crippen molar-refractivity contribution in [1.82, 2.24) is 4.31 Å². The van der Waals surface area contributed by atoms with E-state index < -0.39 is 5.60 Å². The smallest absolute Gasteiger partial charge is 0.340 e. The zero-order chi connectivity index (χ0) is 26.1. The van der Waals surface area contributed by atoms with Gasteiger partial charge in [0.2, 0.25) is 0 Å². The van der Waals surface area contributed by atoms with Gasteiger partial charge in [-0.3, -0.25) is 0 Å². The summed E-state index contributed by atoms with van der Waals surface area (Å²) < 4.78 is 15.3. The van der Waals surface area contributed by atoms with E-state index in [2.05, 4.69) is 41.7 Å². The molecule has 2 heterocycles. The maximum absolute atomic E-state index is 13.2.